The van der Waals surface area contributed by atoms with Crippen LogP contribution in [0.1, 0.15) is 11.1 Å². The van der Waals surface area contributed by atoms with E-state index in [0.29, 0.717) is 30.0 Å². The molecule has 0 bridgehead atoms. The van der Waals surface area contributed by atoms with Gasteiger partial charge in [-0.2, -0.15) is 5.10 Å². The monoisotopic (exact) mass is 417 g/mol. The van der Waals surface area contributed by atoms with Crippen LogP contribution in [-0.4, -0.2) is 31.4 Å². The highest BCUT2D eigenvalue weighted by molar-refractivity contribution is 9.10. The fraction of sp³-hybridized carbons (Fsp3) is 0.167. The van der Waals surface area contributed by atoms with Crippen LogP contribution in [-0.2, 0) is 16.0 Å². The Labute approximate surface area is 158 Å². The van der Waals surface area contributed by atoms with Crippen molar-refractivity contribution >= 4 is 34.0 Å². The molecule has 2 N–H and O–H groups in total. The van der Waals surface area contributed by atoms with Gasteiger partial charge in [0.1, 0.15) is 0 Å². The van der Waals surface area contributed by atoms with Gasteiger partial charge in [-0.3, -0.25) is 9.59 Å². The number of rotatable bonds is 5. The van der Waals surface area contributed by atoms with Crippen LogP contribution in [0.15, 0.2) is 52.0 Å². The number of hydrogen-bond acceptors (Lipinski definition) is 5. The summed E-state index contributed by atoms with van der Waals surface area (Å²) in [5.41, 5.74) is 3.96. The molecule has 3 rings (SSSR count). The first kappa shape index (κ1) is 17.9. The van der Waals surface area contributed by atoms with Crippen LogP contribution in [0.4, 0.5) is 0 Å². The maximum Gasteiger partial charge on any atom is 0.329 e. The van der Waals surface area contributed by atoms with Crippen molar-refractivity contribution in [1.82, 2.24) is 10.7 Å². The molecule has 0 aliphatic carbocycles. The van der Waals surface area contributed by atoms with Crippen molar-refractivity contribution in [1.29, 1.82) is 0 Å². The maximum atomic E-state index is 11.8. The summed E-state index contributed by atoms with van der Waals surface area (Å²) in [4.78, 5) is 23.5. The Morgan fingerprint density at radius 3 is 2.62 bits per heavy atom. The van der Waals surface area contributed by atoms with Crippen molar-refractivity contribution in [3.05, 3.63) is 58.1 Å². The quantitative estimate of drug-likeness (QED) is 0.442. The average molecular weight is 418 g/mol. The van der Waals surface area contributed by atoms with Gasteiger partial charge in [-0.05, 0) is 40.0 Å². The molecule has 0 fully saturated rings. The molecule has 2 aromatic carbocycles. The normalized spacial score (nSPS) is 12.2. The first-order chi connectivity index (χ1) is 12.6. The van der Waals surface area contributed by atoms with Crippen LogP contribution in [0.5, 0.6) is 11.5 Å². The molecule has 8 heteroatoms. The van der Waals surface area contributed by atoms with Crippen molar-refractivity contribution < 1.29 is 19.1 Å². The molecule has 0 radical (unpaired) electrons. The summed E-state index contributed by atoms with van der Waals surface area (Å²) in [6, 6.07) is 13.2. The second kappa shape index (κ2) is 8.48. The molecule has 1 aliphatic rings. The number of hydrazone groups is 1. The summed E-state index contributed by atoms with van der Waals surface area (Å²) in [5.74, 6) is -0.329. The number of nitrogens with one attached hydrogen (secondary N) is 2. The molecule has 26 heavy (non-hydrogen) atoms. The van der Waals surface area contributed by atoms with E-state index in [2.05, 4.69) is 31.8 Å². The Morgan fingerprint density at radius 2 is 1.85 bits per heavy atom. The number of benzene rings is 2. The van der Waals surface area contributed by atoms with Crippen LogP contribution in [0.3, 0.4) is 0 Å². The second-order valence-corrected chi connectivity index (χ2v) is 6.27. The number of fused-ring (bicyclic) bond motifs is 1. The summed E-state index contributed by atoms with van der Waals surface area (Å²) in [6.07, 6.45) is 2.06. The molecule has 0 spiro atoms. The van der Waals surface area contributed by atoms with E-state index in [4.69, 9.17) is 9.47 Å². The summed E-state index contributed by atoms with van der Waals surface area (Å²) in [6.45, 7) is 0.538. The van der Waals surface area contributed by atoms with E-state index in [-0.39, 0.29) is 6.79 Å². The standard InChI is InChI=1S/C18H16BrN3O4/c19-14-9-16-15(25-11-26-16)8-13(14)10-21-22-18(24)17(23)20-7-6-12-4-2-1-3-5-12/h1-5,8-10H,6-7,11H2,(H,20,23)(H,22,24)/b21-10-. The highest BCUT2D eigenvalue weighted by atomic mass is 79.9. The third kappa shape index (κ3) is 4.60. The lowest BCUT2D eigenvalue weighted by Gasteiger charge is -2.04. The number of amides is 2. The molecule has 0 unspecified atom stereocenters. The Morgan fingerprint density at radius 1 is 1.12 bits per heavy atom. The third-order valence-corrected chi connectivity index (χ3v) is 4.30. The zero-order valence-electron chi connectivity index (χ0n) is 13.7. The predicted octanol–water partition coefficient (Wildman–Crippen LogP) is 1.99. The van der Waals surface area contributed by atoms with Crippen molar-refractivity contribution in [2.24, 2.45) is 5.10 Å². The van der Waals surface area contributed by atoms with Gasteiger partial charge in [0.15, 0.2) is 11.5 Å². The highest BCUT2D eigenvalue weighted by Crippen LogP contribution is 2.36. The number of carbonyl (C=O) groups excluding carboxylic acids is 2. The third-order valence-electron chi connectivity index (χ3n) is 3.61. The Balaban J connectivity index is 1.47. The zero-order valence-corrected chi connectivity index (χ0v) is 15.3. The lowest BCUT2D eigenvalue weighted by Crippen LogP contribution is -2.38. The van der Waals surface area contributed by atoms with Crippen molar-refractivity contribution in [3.63, 3.8) is 0 Å². The van der Waals surface area contributed by atoms with E-state index < -0.39 is 11.8 Å². The number of carbonyl (C=O) groups is 2. The van der Waals surface area contributed by atoms with Crippen LogP contribution in [0, 0.1) is 0 Å². The number of halogens is 1. The van der Waals surface area contributed by atoms with Gasteiger partial charge in [0.05, 0.1) is 6.21 Å². The number of nitrogens with zero attached hydrogens (tertiary/aromatic N) is 1. The topological polar surface area (TPSA) is 89.0 Å². The van der Waals surface area contributed by atoms with E-state index >= 15 is 0 Å². The van der Waals surface area contributed by atoms with Gasteiger partial charge >= 0.3 is 11.8 Å². The molecule has 1 aliphatic heterocycles. The lowest BCUT2D eigenvalue weighted by molar-refractivity contribution is -0.139. The van der Waals surface area contributed by atoms with E-state index in [1.54, 1.807) is 12.1 Å². The van der Waals surface area contributed by atoms with Crippen LogP contribution in [0.2, 0.25) is 0 Å². The fourth-order valence-electron chi connectivity index (χ4n) is 2.29. The minimum absolute atomic E-state index is 0.169. The van der Waals surface area contributed by atoms with Gasteiger partial charge in [-0.1, -0.05) is 30.3 Å². The fourth-order valence-corrected chi connectivity index (χ4v) is 2.71. The molecular formula is C18H16BrN3O4. The minimum atomic E-state index is -0.828. The van der Waals surface area contributed by atoms with Gasteiger partial charge < -0.3 is 14.8 Å². The molecule has 0 saturated carbocycles. The van der Waals surface area contributed by atoms with Crippen LogP contribution in [0.25, 0.3) is 0 Å². The Bertz CT molecular complexity index is 840. The summed E-state index contributed by atoms with van der Waals surface area (Å²) < 4.78 is 11.3. The maximum absolute atomic E-state index is 11.8. The minimum Gasteiger partial charge on any atom is -0.454 e. The Kier molecular flexibility index (Phi) is 5.85. The van der Waals surface area contributed by atoms with Gasteiger partial charge in [0, 0.05) is 16.6 Å². The van der Waals surface area contributed by atoms with Crippen molar-refractivity contribution in [2.45, 2.75) is 6.42 Å². The van der Waals surface area contributed by atoms with E-state index in [1.807, 2.05) is 30.3 Å². The molecule has 0 atom stereocenters. The lowest BCUT2D eigenvalue weighted by atomic mass is 10.1. The largest absolute Gasteiger partial charge is 0.454 e. The van der Waals surface area contributed by atoms with Gasteiger partial charge in [-0.25, -0.2) is 5.43 Å². The molecular weight excluding hydrogens is 402 g/mol. The molecule has 1 heterocycles. The number of hydrogen-bond donors (Lipinski definition) is 2. The zero-order chi connectivity index (χ0) is 18.4. The van der Waals surface area contributed by atoms with Gasteiger partial charge in [-0.15, -0.1) is 0 Å². The van der Waals surface area contributed by atoms with E-state index in [0.717, 1.165) is 10.0 Å². The van der Waals surface area contributed by atoms with Crippen LogP contribution < -0.4 is 20.2 Å². The van der Waals surface area contributed by atoms with E-state index in [1.165, 1.54) is 6.21 Å². The smallest absolute Gasteiger partial charge is 0.329 e. The molecule has 7 nitrogen and oxygen atoms in total. The number of ether oxygens (including phenoxy) is 2. The van der Waals surface area contributed by atoms with Crippen molar-refractivity contribution in [2.75, 3.05) is 13.3 Å². The molecule has 2 aromatic rings. The first-order valence-corrected chi connectivity index (χ1v) is 8.67. The SMILES string of the molecule is O=C(NCCc1ccccc1)C(=O)N/N=C\c1cc2c(cc1Br)OCO2. The van der Waals surface area contributed by atoms with Crippen molar-refractivity contribution in [3.8, 4) is 11.5 Å². The summed E-state index contributed by atoms with van der Waals surface area (Å²) in [7, 11) is 0. The second-order valence-electron chi connectivity index (χ2n) is 5.42. The average Bonchev–Trinajstić information content (AvgIpc) is 3.09. The molecule has 0 saturated heterocycles. The molecule has 2 amide bonds. The summed E-state index contributed by atoms with van der Waals surface area (Å²) >= 11 is 3.38. The Hall–Kier alpha value is -2.87. The first-order valence-electron chi connectivity index (χ1n) is 7.88. The molecule has 134 valence electrons. The molecule has 0 aromatic heterocycles. The van der Waals surface area contributed by atoms with Gasteiger partial charge in [0.25, 0.3) is 0 Å². The van der Waals surface area contributed by atoms with Crippen LogP contribution >= 0.6 is 15.9 Å². The van der Waals surface area contributed by atoms with E-state index in [9.17, 15) is 9.59 Å². The summed E-state index contributed by atoms with van der Waals surface area (Å²) in [5, 5.41) is 6.36. The highest BCUT2D eigenvalue weighted by Gasteiger charge is 2.16. The predicted molar refractivity (Wildman–Crippen MR) is 99.2 cm³/mol. The van der Waals surface area contributed by atoms with Gasteiger partial charge in [0.2, 0.25) is 6.79 Å².